The number of halogens is 1. The Bertz CT molecular complexity index is 5700. The summed E-state index contributed by atoms with van der Waals surface area (Å²) in [4.78, 5) is 70.4. The minimum atomic E-state index is -0.514. The number of pyridine rings is 3. The number of nitrogens with one attached hydrogen (secondary N) is 2. The highest BCUT2D eigenvalue weighted by Gasteiger charge is 2.51. The van der Waals surface area contributed by atoms with Crippen molar-refractivity contribution in [3.8, 4) is 56.6 Å². The van der Waals surface area contributed by atoms with Crippen molar-refractivity contribution in [1.29, 1.82) is 0 Å². The van der Waals surface area contributed by atoms with Crippen LogP contribution < -0.4 is 36.7 Å². The number of carbonyl (C=O) groups is 1. The van der Waals surface area contributed by atoms with E-state index in [0.717, 1.165) is 111 Å². The van der Waals surface area contributed by atoms with Gasteiger partial charge in [0, 0.05) is 95.0 Å². The zero-order valence-electron chi connectivity index (χ0n) is 63.5. The molecule has 0 aliphatic carbocycles. The molecule has 1 saturated heterocycles. The third-order valence-corrected chi connectivity index (χ3v) is 20.7. The topological polar surface area (TPSA) is 228 Å². The van der Waals surface area contributed by atoms with Crippen LogP contribution in [0.1, 0.15) is 104 Å². The van der Waals surface area contributed by atoms with Gasteiger partial charge in [0.15, 0.2) is 5.65 Å². The number of fused-ring (bicyclic) bond motifs is 3. The highest BCUT2D eigenvalue weighted by atomic mass is 79.9. The molecule has 3 unspecified atom stereocenters. The first-order chi connectivity index (χ1) is 52.8. The maximum Gasteiger partial charge on any atom is 0.494 e. The van der Waals surface area contributed by atoms with E-state index in [2.05, 4.69) is 40.8 Å². The van der Waals surface area contributed by atoms with Gasteiger partial charge in [-0.15, -0.1) is 0 Å². The summed E-state index contributed by atoms with van der Waals surface area (Å²) in [7, 11) is 4.50. The molecule has 110 heavy (non-hydrogen) atoms. The number of methoxy groups -OCH3 is 3. The van der Waals surface area contributed by atoms with Crippen molar-refractivity contribution in [3.05, 3.63) is 309 Å². The largest absolute Gasteiger partial charge is 0.497 e. The van der Waals surface area contributed by atoms with Crippen LogP contribution in [0, 0.1) is 0 Å². The van der Waals surface area contributed by atoms with Crippen LogP contribution in [0.25, 0.3) is 72.4 Å². The first kappa shape index (κ1) is 76.0. The van der Waals surface area contributed by atoms with Crippen LogP contribution in [-0.4, -0.2) is 108 Å². The Labute approximate surface area is 645 Å². The predicted molar refractivity (Wildman–Crippen MR) is 435 cm³/mol. The predicted octanol–water partition coefficient (Wildman–Crippen LogP) is 16.7. The second kappa shape index (κ2) is 31.9. The lowest BCUT2D eigenvalue weighted by molar-refractivity contribution is 0.00578. The molecule has 15 aromatic rings. The maximum absolute atomic E-state index is 13.1. The van der Waals surface area contributed by atoms with Gasteiger partial charge in [-0.2, -0.15) is 0 Å². The molecule has 0 amide bonds. The maximum atomic E-state index is 13.1. The van der Waals surface area contributed by atoms with Crippen LogP contribution in [0.3, 0.4) is 0 Å². The van der Waals surface area contributed by atoms with Gasteiger partial charge in [-0.05, 0) is 239 Å². The van der Waals surface area contributed by atoms with E-state index in [0.29, 0.717) is 5.65 Å². The molecule has 1 aliphatic rings. The fourth-order valence-electron chi connectivity index (χ4n) is 13.1. The standard InChI is InChI=1S/2C25H22N4O2.C24H29BN2O4.C12H13BrN2O2/c2*1-17(19-4-3-5-21(16-19)31-2)28-14-15-29(25(28)30)20-8-6-18(7-9-20)22-10-12-26-24-23(22)11-13-27-24;1-17(18-8-7-9-21(16-18)29-6)26-14-15-27(22(26)28)20-12-10-19(11-13-20)25-30-23(2,3)24(4,5)31-25;1-12(2,3)17-11(16)15-7-5-8-9(13)4-6-14-10(8)15/h2*3-17H,1-2H3,(H,26,27);7-17H,1-6H3;4-7H,1-3H3. The minimum Gasteiger partial charge on any atom is -0.497 e. The highest BCUT2D eigenvalue weighted by Crippen LogP contribution is 2.37. The monoisotopic (exact) mass is 1540 g/mol. The van der Waals surface area contributed by atoms with Crippen molar-refractivity contribution in [2.45, 2.75) is 104 Å². The van der Waals surface area contributed by atoms with Gasteiger partial charge in [-0.3, -0.25) is 27.4 Å². The molecule has 24 heteroatoms. The van der Waals surface area contributed by atoms with Gasteiger partial charge in [0.1, 0.15) is 34.1 Å². The summed E-state index contributed by atoms with van der Waals surface area (Å²) in [5, 5.41) is 3.04. The number of imidazole rings is 3. The number of ether oxygens (including phenoxy) is 4. The van der Waals surface area contributed by atoms with Crippen LogP contribution in [0.15, 0.2) is 275 Å². The van der Waals surface area contributed by atoms with E-state index in [1.165, 1.54) is 4.57 Å². The molecule has 0 saturated carbocycles. The van der Waals surface area contributed by atoms with E-state index >= 15 is 0 Å². The number of carbonyl (C=O) groups excluding carboxylic acids is 1. The van der Waals surface area contributed by atoms with Crippen LogP contribution in [0.5, 0.6) is 17.2 Å². The minimum absolute atomic E-state index is 0.0833. The molecule has 3 atom stereocenters. The van der Waals surface area contributed by atoms with E-state index in [1.54, 1.807) is 79.7 Å². The number of hydrogen-bond acceptors (Lipinski definition) is 13. The van der Waals surface area contributed by atoms with Gasteiger partial charge in [0.05, 0.1) is 67.7 Å². The number of aromatic amines is 2. The van der Waals surface area contributed by atoms with E-state index < -0.39 is 18.8 Å². The summed E-state index contributed by atoms with van der Waals surface area (Å²) in [6.07, 6.45) is 21.1. The summed E-state index contributed by atoms with van der Waals surface area (Å²) in [6, 6.07) is 58.5. The fourth-order valence-corrected chi connectivity index (χ4v) is 13.5. The number of rotatable bonds is 15. The second-order valence-electron chi connectivity index (χ2n) is 28.6. The number of benzene rings is 6. The van der Waals surface area contributed by atoms with Crippen molar-refractivity contribution < 1.29 is 33.1 Å². The summed E-state index contributed by atoms with van der Waals surface area (Å²) in [5.41, 5.74) is 11.5. The van der Waals surface area contributed by atoms with Gasteiger partial charge in [-0.25, -0.2) is 38.7 Å². The number of H-pyrrole nitrogens is 2. The number of aromatic nitrogens is 12. The van der Waals surface area contributed by atoms with Gasteiger partial charge in [0.25, 0.3) is 0 Å². The molecule has 9 aromatic heterocycles. The number of nitrogens with zero attached hydrogens (tertiary/aromatic N) is 10. The molecule has 0 radical (unpaired) electrons. The van der Waals surface area contributed by atoms with Crippen molar-refractivity contribution >= 4 is 67.7 Å². The summed E-state index contributed by atoms with van der Waals surface area (Å²) >= 11 is 3.42. The van der Waals surface area contributed by atoms with Crippen LogP contribution in [-0.2, 0) is 14.0 Å². The molecule has 1 aliphatic heterocycles. The zero-order chi connectivity index (χ0) is 77.8. The fraction of sp³-hybridized carbons (Fsp3) is 0.221. The molecule has 6 aromatic carbocycles. The lowest BCUT2D eigenvalue weighted by atomic mass is 9.79. The van der Waals surface area contributed by atoms with Gasteiger partial charge < -0.3 is 38.2 Å². The average molecular weight is 1540 g/mol. The molecular weight excluding hydrogens is 1450 g/mol. The first-order valence-corrected chi connectivity index (χ1v) is 36.8. The van der Waals surface area contributed by atoms with Crippen LogP contribution >= 0.6 is 15.9 Å². The molecule has 1 fully saturated rings. The van der Waals surface area contributed by atoms with Crippen LogP contribution in [0.2, 0.25) is 0 Å². The Hall–Kier alpha value is -12.2. The highest BCUT2D eigenvalue weighted by molar-refractivity contribution is 9.10. The molecule has 2 N–H and O–H groups in total. The lowest BCUT2D eigenvalue weighted by Gasteiger charge is -2.32. The Morgan fingerprint density at radius 3 is 1.24 bits per heavy atom. The van der Waals surface area contributed by atoms with Crippen LogP contribution in [0.4, 0.5) is 4.79 Å². The second-order valence-corrected chi connectivity index (χ2v) is 29.5. The van der Waals surface area contributed by atoms with Gasteiger partial charge in [-0.1, -0.05) is 72.8 Å². The molecule has 560 valence electrons. The molecular formula is C86H86BBrN12O10. The third-order valence-electron chi connectivity index (χ3n) is 20.0. The quantitative estimate of drug-likeness (QED) is 0.0911. The first-order valence-electron chi connectivity index (χ1n) is 36.0. The van der Waals surface area contributed by atoms with Crippen molar-refractivity contribution in [2.24, 2.45) is 0 Å². The average Bonchev–Trinajstić information content (AvgIpc) is 1.62. The SMILES string of the molecule is CC(C)(C)OC(=O)n1ccc2c(Br)ccnc21.COc1cccc(C(C)n2ccn(-c3ccc(-c4ccnc5[nH]ccc45)cc3)c2=O)c1.COc1cccc(C(C)n2ccn(-c3ccc(-c4ccnc5[nH]ccc45)cc3)c2=O)c1.COc1cccc(C(C)n2ccn(-c3ccc(B4OC(C)(C)C(C)(C)O4)cc3)c2=O)c1. The summed E-state index contributed by atoms with van der Waals surface area (Å²) in [6.45, 7) is 19.7. The van der Waals surface area contributed by atoms with E-state index in [-0.39, 0.29) is 46.4 Å². The Kier molecular flexibility index (Phi) is 22.0. The molecule has 22 nitrogen and oxygen atoms in total. The summed E-state index contributed by atoms with van der Waals surface area (Å²) in [5.74, 6) is 2.33. The smallest absolute Gasteiger partial charge is 0.494 e. The van der Waals surface area contributed by atoms with E-state index in [9.17, 15) is 19.2 Å². The molecule has 0 spiro atoms. The molecule has 0 bridgehead atoms. The zero-order valence-corrected chi connectivity index (χ0v) is 65.1. The van der Waals surface area contributed by atoms with Crippen molar-refractivity contribution in [1.82, 2.24) is 56.9 Å². The Balaban J connectivity index is 0.000000132. The van der Waals surface area contributed by atoms with Gasteiger partial charge in [0.2, 0.25) is 0 Å². The van der Waals surface area contributed by atoms with E-state index in [4.69, 9.17) is 28.3 Å². The van der Waals surface area contributed by atoms with Crippen molar-refractivity contribution in [2.75, 3.05) is 21.3 Å². The summed E-state index contributed by atoms with van der Waals surface area (Å²) < 4.78 is 45.9. The normalized spacial score (nSPS) is 13.8. The molecule has 10 heterocycles. The molecule has 16 rings (SSSR count). The lowest BCUT2D eigenvalue weighted by Crippen LogP contribution is -2.41. The van der Waals surface area contributed by atoms with E-state index in [1.807, 2.05) is 295 Å². The Morgan fingerprint density at radius 1 is 0.473 bits per heavy atom. The number of hydrogen-bond donors (Lipinski definition) is 2. The van der Waals surface area contributed by atoms with Gasteiger partial charge >= 0.3 is 30.3 Å². The Morgan fingerprint density at radius 2 is 0.855 bits per heavy atom. The third kappa shape index (κ3) is 16.0. The van der Waals surface area contributed by atoms with Crippen molar-refractivity contribution in [3.63, 3.8) is 0 Å².